The third kappa shape index (κ3) is 3.54. The van der Waals surface area contributed by atoms with Crippen LogP contribution >= 0.6 is 0 Å². The summed E-state index contributed by atoms with van der Waals surface area (Å²) in [6.07, 6.45) is 5.07. The SMILES string of the molecule is CNC(=O)C1CCC(C(=O)N2CCCCC2C(=O)O)CC1. The summed E-state index contributed by atoms with van der Waals surface area (Å²) in [5, 5.41) is 11.9. The molecule has 2 N–H and O–H groups in total. The van der Waals surface area contributed by atoms with Gasteiger partial charge in [-0.2, -0.15) is 0 Å². The topological polar surface area (TPSA) is 86.7 Å². The lowest BCUT2D eigenvalue weighted by molar-refractivity contribution is -0.154. The number of likely N-dealkylation sites (tertiary alicyclic amines) is 1. The van der Waals surface area contributed by atoms with E-state index in [1.165, 1.54) is 0 Å². The van der Waals surface area contributed by atoms with Gasteiger partial charge in [-0.3, -0.25) is 9.59 Å². The Morgan fingerprint density at radius 2 is 1.62 bits per heavy atom. The Morgan fingerprint density at radius 3 is 2.19 bits per heavy atom. The van der Waals surface area contributed by atoms with Crippen LogP contribution in [0.3, 0.4) is 0 Å². The highest BCUT2D eigenvalue weighted by molar-refractivity contribution is 5.85. The highest BCUT2D eigenvalue weighted by atomic mass is 16.4. The van der Waals surface area contributed by atoms with Crippen LogP contribution in [0.15, 0.2) is 0 Å². The monoisotopic (exact) mass is 296 g/mol. The number of carboxylic acids is 1. The molecule has 2 amide bonds. The molecule has 21 heavy (non-hydrogen) atoms. The Balaban J connectivity index is 1.94. The maximum absolute atomic E-state index is 12.6. The first-order valence-electron chi connectivity index (χ1n) is 7.79. The molecule has 1 aliphatic carbocycles. The number of carbonyl (C=O) groups excluding carboxylic acids is 2. The summed E-state index contributed by atoms with van der Waals surface area (Å²) in [7, 11) is 1.63. The zero-order chi connectivity index (χ0) is 15.4. The smallest absolute Gasteiger partial charge is 0.326 e. The molecule has 6 heteroatoms. The van der Waals surface area contributed by atoms with Gasteiger partial charge in [0.25, 0.3) is 0 Å². The molecule has 118 valence electrons. The molecule has 1 saturated heterocycles. The minimum Gasteiger partial charge on any atom is -0.480 e. The van der Waals surface area contributed by atoms with Crippen LogP contribution in [0.1, 0.15) is 44.9 Å². The number of carbonyl (C=O) groups is 3. The summed E-state index contributed by atoms with van der Waals surface area (Å²) in [5.41, 5.74) is 0. The van der Waals surface area contributed by atoms with Crippen molar-refractivity contribution in [3.8, 4) is 0 Å². The van der Waals surface area contributed by atoms with E-state index >= 15 is 0 Å². The van der Waals surface area contributed by atoms with Crippen LogP contribution in [0.4, 0.5) is 0 Å². The highest BCUT2D eigenvalue weighted by Crippen LogP contribution is 2.31. The van der Waals surface area contributed by atoms with Crippen LogP contribution in [-0.2, 0) is 14.4 Å². The third-order valence-electron chi connectivity index (χ3n) is 4.76. The molecule has 2 fully saturated rings. The third-order valence-corrected chi connectivity index (χ3v) is 4.76. The van der Waals surface area contributed by atoms with Gasteiger partial charge in [-0.1, -0.05) is 0 Å². The van der Waals surface area contributed by atoms with Crippen molar-refractivity contribution in [2.45, 2.75) is 51.0 Å². The first kappa shape index (κ1) is 15.8. The number of carboxylic acid groups (broad SMARTS) is 1. The first-order chi connectivity index (χ1) is 10.0. The molecule has 2 rings (SSSR count). The van der Waals surface area contributed by atoms with Gasteiger partial charge in [-0.25, -0.2) is 4.79 Å². The summed E-state index contributed by atoms with van der Waals surface area (Å²) in [6, 6.07) is -0.664. The minimum absolute atomic E-state index is 0.00400. The molecule has 0 aromatic carbocycles. The van der Waals surface area contributed by atoms with E-state index in [-0.39, 0.29) is 23.7 Å². The minimum atomic E-state index is -0.901. The quantitative estimate of drug-likeness (QED) is 0.813. The number of rotatable bonds is 3. The largest absolute Gasteiger partial charge is 0.480 e. The number of hydrogen-bond acceptors (Lipinski definition) is 3. The van der Waals surface area contributed by atoms with E-state index < -0.39 is 12.0 Å². The number of hydrogen-bond donors (Lipinski definition) is 2. The lowest BCUT2D eigenvalue weighted by Gasteiger charge is -2.37. The van der Waals surface area contributed by atoms with Crippen LogP contribution in [-0.4, -0.2) is 47.4 Å². The molecule has 0 spiro atoms. The van der Waals surface area contributed by atoms with Gasteiger partial charge in [-0.05, 0) is 44.9 Å². The molecule has 2 aliphatic rings. The maximum Gasteiger partial charge on any atom is 0.326 e. The molecule has 1 unspecified atom stereocenters. The van der Waals surface area contributed by atoms with E-state index in [1.54, 1.807) is 11.9 Å². The van der Waals surface area contributed by atoms with Gasteiger partial charge in [0.05, 0.1) is 0 Å². The average molecular weight is 296 g/mol. The maximum atomic E-state index is 12.6. The van der Waals surface area contributed by atoms with Crippen molar-refractivity contribution in [2.24, 2.45) is 11.8 Å². The van der Waals surface area contributed by atoms with Crippen LogP contribution < -0.4 is 5.32 Å². The van der Waals surface area contributed by atoms with E-state index in [0.717, 1.165) is 12.8 Å². The molecule has 0 aromatic rings. The molecule has 1 saturated carbocycles. The lowest BCUT2D eigenvalue weighted by atomic mass is 9.80. The number of nitrogens with zero attached hydrogens (tertiary/aromatic N) is 1. The van der Waals surface area contributed by atoms with Crippen molar-refractivity contribution in [1.82, 2.24) is 10.2 Å². The fourth-order valence-corrected chi connectivity index (χ4v) is 3.49. The lowest BCUT2D eigenvalue weighted by Crippen LogP contribution is -2.50. The number of aliphatic carboxylic acids is 1. The summed E-state index contributed by atoms with van der Waals surface area (Å²) in [5.74, 6) is -1.01. The van der Waals surface area contributed by atoms with Gasteiger partial charge in [0.1, 0.15) is 6.04 Å². The van der Waals surface area contributed by atoms with Crippen LogP contribution in [0, 0.1) is 11.8 Å². The second-order valence-corrected chi connectivity index (χ2v) is 6.04. The van der Waals surface area contributed by atoms with Crippen molar-refractivity contribution in [3.05, 3.63) is 0 Å². The number of piperidine rings is 1. The molecule has 0 aromatic heterocycles. The molecular formula is C15H24N2O4. The predicted octanol–water partition coefficient (Wildman–Crippen LogP) is 1.00. The van der Waals surface area contributed by atoms with Gasteiger partial charge in [-0.15, -0.1) is 0 Å². The number of nitrogens with one attached hydrogen (secondary N) is 1. The van der Waals surface area contributed by atoms with Crippen LogP contribution in [0.2, 0.25) is 0 Å². The van der Waals surface area contributed by atoms with Gasteiger partial charge < -0.3 is 15.3 Å². The van der Waals surface area contributed by atoms with Crippen molar-refractivity contribution < 1.29 is 19.5 Å². The standard InChI is InChI=1S/C15H24N2O4/c1-16-13(18)10-5-7-11(8-6-10)14(19)17-9-3-2-4-12(17)15(20)21/h10-12H,2-9H2,1H3,(H,16,18)(H,20,21). The van der Waals surface area contributed by atoms with Crippen molar-refractivity contribution in [2.75, 3.05) is 13.6 Å². The van der Waals surface area contributed by atoms with Crippen molar-refractivity contribution >= 4 is 17.8 Å². The molecule has 1 aliphatic heterocycles. The van der Waals surface area contributed by atoms with Gasteiger partial charge >= 0.3 is 5.97 Å². The Bertz CT molecular complexity index is 416. The second-order valence-electron chi connectivity index (χ2n) is 6.04. The summed E-state index contributed by atoms with van der Waals surface area (Å²) >= 11 is 0. The predicted molar refractivity (Wildman–Crippen MR) is 76.5 cm³/mol. The van der Waals surface area contributed by atoms with Crippen molar-refractivity contribution in [3.63, 3.8) is 0 Å². The number of amides is 2. The van der Waals surface area contributed by atoms with E-state index in [9.17, 15) is 19.5 Å². The fraction of sp³-hybridized carbons (Fsp3) is 0.800. The Labute approximate surface area is 124 Å². The van der Waals surface area contributed by atoms with Gasteiger partial charge in [0.15, 0.2) is 0 Å². The zero-order valence-electron chi connectivity index (χ0n) is 12.5. The summed E-state index contributed by atoms with van der Waals surface area (Å²) in [4.78, 5) is 37.0. The fourth-order valence-electron chi connectivity index (χ4n) is 3.49. The normalized spacial score (nSPS) is 29.8. The van der Waals surface area contributed by atoms with E-state index in [0.29, 0.717) is 38.6 Å². The molecule has 0 radical (unpaired) electrons. The highest BCUT2D eigenvalue weighted by Gasteiger charge is 2.37. The van der Waals surface area contributed by atoms with Crippen LogP contribution in [0.5, 0.6) is 0 Å². The molecule has 1 heterocycles. The molecule has 0 bridgehead atoms. The summed E-state index contributed by atoms with van der Waals surface area (Å²) in [6.45, 7) is 0.547. The van der Waals surface area contributed by atoms with Crippen LogP contribution in [0.25, 0.3) is 0 Å². The second kappa shape index (κ2) is 6.91. The Kier molecular flexibility index (Phi) is 5.20. The molecular weight excluding hydrogens is 272 g/mol. The van der Waals surface area contributed by atoms with Gasteiger partial charge in [0.2, 0.25) is 11.8 Å². The Morgan fingerprint density at radius 1 is 1.00 bits per heavy atom. The Hall–Kier alpha value is -1.59. The van der Waals surface area contributed by atoms with E-state index in [1.807, 2.05) is 0 Å². The van der Waals surface area contributed by atoms with Crippen molar-refractivity contribution in [1.29, 1.82) is 0 Å². The van der Waals surface area contributed by atoms with E-state index in [4.69, 9.17) is 0 Å². The van der Waals surface area contributed by atoms with Gasteiger partial charge in [0, 0.05) is 25.4 Å². The zero-order valence-corrected chi connectivity index (χ0v) is 12.5. The first-order valence-corrected chi connectivity index (χ1v) is 7.79. The van der Waals surface area contributed by atoms with E-state index in [2.05, 4.69) is 5.32 Å². The molecule has 1 atom stereocenters. The molecule has 6 nitrogen and oxygen atoms in total. The summed E-state index contributed by atoms with van der Waals surface area (Å²) < 4.78 is 0. The average Bonchev–Trinajstić information content (AvgIpc) is 2.53.